The molecule has 3 unspecified atom stereocenters. The number of hydrogen-bond donors (Lipinski definition) is 0. The molecule has 6 nitrogen and oxygen atoms in total. The van der Waals surface area contributed by atoms with Gasteiger partial charge in [-0.25, -0.2) is 0 Å². The fraction of sp³-hybridized carbons (Fsp3) is 1.00. The summed E-state index contributed by atoms with van der Waals surface area (Å²) in [5, 5.41) is 0. The minimum absolute atomic E-state index is 0.428. The number of likely N-dealkylation sites (tertiary alicyclic amines) is 4. The van der Waals surface area contributed by atoms with Crippen molar-refractivity contribution in [3.05, 3.63) is 0 Å². The second-order valence-electron chi connectivity index (χ2n) is 10.1. The maximum absolute atomic E-state index is 5.81. The number of hydrogen-bond acceptors (Lipinski definition) is 6. The Labute approximate surface area is 178 Å². The van der Waals surface area contributed by atoms with Gasteiger partial charge in [-0.1, -0.05) is 0 Å². The number of methoxy groups -OCH3 is 2. The molecule has 0 spiro atoms. The number of nitrogens with zero attached hydrogens (tertiary/aromatic N) is 4. The van der Waals surface area contributed by atoms with Crippen LogP contribution in [0, 0.1) is 0 Å². The van der Waals surface area contributed by atoms with Crippen LogP contribution < -0.4 is 0 Å². The largest absolute Gasteiger partial charge is 0.380 e. The van der Waals surface area contributed by atoms with Gasteiger partial charge in [0.15, 0.2) is 0 Å². The Morgan fingerprint density at radius 3 is 2.07 bits per heavy atom. The summed E-state index contributed by atoms with van der Waals surface area (Å²) < 4.78 is 11.3. The van der Waals surface area contributed by atoms with Crippen LogP contribution in [-0.4, -0.2) is 123 Å². The van der Waals surface area contributed by atoms with E-state index in [2.05, 4.69) is 33.6 Å². The van der Waals surface area contributed by atoms with Crippen molar-refractivity contribution in [1.29, 1.82) is 0 Å². The Balaban J connectivity index is 1.26. The van der Waals surface area contributed by atoms with Gasteiger partial charge in [-0.15, -0.1) is 0 Å². The Morgan fingerprint density at radius 1 is 0.828 bits per heavy atom. The van der Waals surface area contributed by atoms with Gasteiger partial charge in [0.2, 0.25) is 0 Å². The molecule has 4 heterocycles. The lowest BCUT2D eigenvalue weighted by Crippen LogP contribution is -2.59. The zero-order valence-corrected chi connectivity index (χ0v) is 19.3. The molecular weight excluding hydrogens is 364 g/mol. The van der Waals surface area contributed by atoms with Gasteiger partial charge in [-0.2, -0.15) is 0 Å². The summed E-state index contributed by atoms with van der Waals surface area (Å²) in [6.07, 6.45) is 8.72. The van der Waals surface area contributed by atoms with Gasteiger partial charge in [0, 0.05) is 58.0 Å². The van der Waals surface area contributed by atoms with Crippen LogP contribution in [-0.2, 0) is 9.47 Å². The Hall–Kier alpha value is -0.240. The predicted molar refractivity (Wildman–Crippen MR) is 117 cm³/mol. The molecule has 0 amide bonds. The maximum atomic E-state index is 5.81. The highest BCUT2D eigenvalue weighted by Crippen LogP contribution is 2.31. The van der Waals surface area contributed by atoms with E-state index in [0.29, 0.717) is 24.3 Å². The molecule has 4 aliphatic heterocycles. The van der Waals surface area contributed by atoms with Crippen molar-refractivity contribution in [2.45, 2.75) is 81.8 Å². The van der Waals surface area contributed by atoms with Gasteiger partial charge in [-0.05, 0) is 78.7 Å². The quantitative estimate of drug-likeness (QED) is 0.638. The minimum atomic E-state index is 0.428. The molecule has 3 atom stereocenters. The van der Waals surface area contributed by atoms with Crippen molar-refractivity contribution in [2.24, 2.45) is 0 Å². The van der Waals surface area contributed by atoms with E-state index in [0.717, 1.165) is 31.7 Å². The molecule has 4 rings (SSSR count). The average Bonchev–Trinajstić information content (AvgIpc) is 3.11. The molecular formula is C23H44N4O2. The fourth-order valence-corrected chi connectivity index (χ4v) is 6.23. The standard InChI is InChI=1S/C23H44N4O2/c1-18(25-11-7-19(8-12-25)26-15-23(16-26)29-4)13-21-14-22(28-3)17-27(21)20-5-9-24(2)10-6-20/h18-23H,5-17H2,1-4H3. The smallest absolute Gasteiger partial charge is 0.0825 e. The van der Waals surface area contributed by atoms with E-state index >= 15 is 0 Å². The molecule has 0 aromatic carbocycles. The lowest BCUT2D eigenvalue weighted by atomic mass is 9.95. The molecule has 4 aliphatic rings. The van der Waals surface area contributed by atoms with Crippen LogP contribution in [0.3, 0.4) is 0 Å². The molecule has 6 heteroatoms. The van der Waals surface area contributed by atoms with Gasteiger partial charge in [-0.3, -0.25) is 9.80 Å². The van der Waals surface area contributed by atoms with Crippen LogP contribution >= 0.6 is 0 Å². The van der Waals surface area contributed by atoms with Gasteiger partial charge >= 0.3 is 0 Å². The predicted octanol–water partition coefficient (Wildman–Crippen LogP) is 1.74. The first-order valence-electron chi connectivity index (χ1n) is 12.0. The second kappa shape index (κ2) is 9.92. The van der Waals surface area contributed by atoms with Crippen LogP contribution in [0.1, 0.15) is 45.4 Å². The summed E-state index contributed by atoms with van der Waals surface area (Å²) in [4.78, 5) is 10.7. The average molecular weight is 409 g/mol. The van der Waals surface area contributed by atoms with Crippen molar-refractivity contribution in [2.75, 3.05) is 67.1 Å². The van der Waals surface area contributed by atoms with Crippen LogP contribution in [0.25, 0.3) is 0 Å². The lowest BCUT2D eigenvalue weighted by molar-refractivity contribution is -0.0640. The molecule has 0 aromatic heterocycles. The summed E-state index contributed by atoms with van der Waals surface area (Å²) in [6, 6.07) is 2.91. The fourth-order valence-electron chi connectivity index (χ4n) is 6.23. The molecule has 0 aliphatic carbocycles. The number of rotatable bonds is 7. The van der Waals surface area contributed by atoms with Crippen LogP contribution in [0.15, 0.2) is 0 Å². The molecule has 29 heavy (non-hydrogen) atoms. The highest BCUT2D eigenvalue weighted by molar-refractivity contribution is 4.95. The summed E-state index contributed by atoms with van der Waals surface area (Å²) in [5.74, 6) is 0. The topological polar surface area (TPSA) is 31.4 Å². The Morgan fingerprint density at radius 2 is 1.45 bits per heavy atom. The third-order valence-corrected chi connectivity index (χ3v) is 8.37. The first-order chi connectivity index (χ1) is 14.1. The van der Waals surface area contributed by atoms with Crippen LogP contribution in [0.5, 0.6) is 0 Å². The summed E-state index contributed by atoms with van der Waals surface area (Å²) in [5.41, 5.74) is 0. The third-order valence-electron chi connectivity index (χ3n) is 8.37. The Bertz CT molecular complexity index is 499. The molecule has 0 aromatic rings. The molecule has 0 radical (unpaired) electrons. The monoisotopic (exact) mass is 408 g/mol. The normalized spacial score (nSPS) is 33.9. The van der Waals surface area contributed by atoms with Crippen molar-refractivity contribution < 1.29 is 9.47 Å². The molecule has 0 N–H and O–H groups in total. The van der Waals surface area contributed by atoms with Gasteiger partial charge < -0.3 is 19.3 Å². The van der Waals surface area contributed by atoms with E-state index in [9.17, 15) is 0 Å². The molecule has 4 saturated heterocycles. The van der Waals surface area contributed by atoms with E-state index in [1.807, 2.05) is 14.2 Å². The zero-order valence-electron chi connectivity index (χ0n) is 19.3. The van der Waals surface area contributed by atoms with E-state index in [1.54, 1.807) is 0 Å². The van der Waals surface area contributed by atoms with Crippen molar-refractivity contribution in [3.8, 4) is 0 Å². The van der Waals surface area contributed by atoms with E-state index < -0.39 is 0 Å². The lowest BCUT2D eigenvalue weighted by Gasteiger charge is -2.47. The first-order valence-corrected chi connectivity index (χ1v) is 12.0. The highest BCUT2D eigenvalue weighted by atomic mass is 16.5. The Kier molecular flexibility index (Phi) is 7.52. The number of piperidine rings is 2. The molecule has 4 fully saturated rings. The van der Waals surface area contributed by atoms with Crippen molar-refractivity contribution in [3.63, 3.8) is 0 Å². The first kappa shape index (κ1) is 22.0. The molecule has 0 saturated carbocycles. The zero-order chi connectivity index (χ0) is 20.4. The third kappa shape index (κ3) is 5.16. The van der Waals surface area contributed by atoms with Crippen LogP contribution in [0.2, 0.25) is 0 Å². The van der Waals surface area contributed by atoms with Crippen molar-refractivity contribution in [1.82, 2.24) is 19.6 Å². The summed E-state index contributed by atoms with van der Waals surface area (Å²) in [7, 11) is 6.01. The van der Waals surface area contributed by atoms with E-state index in [1.165, 1.54) is 64.7 Å². The number of ether oxygens (including phenoxy) is 2. The highest BCUT2D eigenvalue weighted by Gasteiger charge is 2.39. The minimum Gasteiger partial charge on any atom is -0.380 e. The summed E-state index contributed by atoms with van der Waals surface area (Å²) in [6.45, 7) is 10.9. The maximum Gasteiger partial charge on any atom is 0.0825 e. The van der Waals surface area contributed by atoms with E-state index in [4.69, 9.17) is 9.47 Å². The molecule has 168 valence electrons. The summed E-state index contributed by atoms with van der Waals surface area (Å²) >= 11 is 0. The van der Waals surface area contributed by atoms with Gasteiger partial charge in [0.05, 0.1) is 12.2 Å². The molecule has 0 bridgehead atoms. The SMILES string of the molecule is COC1CN(C2CCN(C(C)CC3CC(OC)CN3C3CCN(C)CC3)CC2)C1. The van der Waals surface area contributed by atoms with E-state index in [-0.39, 0.29) is 0 Å². The van der Waals surface area contributed by atoms with Gasteiger partial charge in [0.1, 0.15) is 0 Å². The van der Waals surface area contributed by atoms with Gasteiger partial charge in [0.25, 0.3) is 0 Å². The second-order valence-corrected chi connectivity index (χ2v) is 10.1. The van der Waals surface area contributed by atoms with Crippen LogP contribution in [0.4, 0.5) is 0 Å². The van der Waals surface area contributed by atoms with Crippen molar-refractivity contribution >= 4 is 0 Å².